The number of nitrogens with one attached hydrogen (secondary N) is 1. The Bertz CT molecular complexity index is 1080. The Hall–Kier alpha value is -3.06. The minimum atomic E-state index is -3.79. The van der Waals surface area contributed by atoms with E-state index in [1.165, 1.54) is 30.3 Å². The van der Waals surface area contributed by atoms with Crippen molar-refractivity contribution in [2.45, 2.75) is 18.2 Å². The van der Waals surface area contributed by atoms with Crippen molar-refractivity contribution < 1.29 is 23.1 Å². The highest BCUT2D eigenvalue weighted by atomic mass is 32.2. The van der Waals surface area contributed by atoms with Crippen LogP contribution in [0, 0.1) is 0 Å². The Morgan fingerprint density at radius 2 is 1.67 bits per heavy atom. The topological polar surface area (TPSA) is 92.7 Å². The van der Waals surface area contributed by atoms with Gasteiger partial charge in [-0.15, -0.1) is 0 Å². The van der Waals surface area contributed by atoms with Crippen LogP contribution in [0.4, 0.5) is 5.69 Å². The van der Waals surface area contributed by atoms with E-state index in [0.29, 0.717) is 12.3 Å². The van der Waals surface area contributed by atoms with Crippen molar-refractivity contribution in [2.75, 3.05) is 11.3 Å². The lowest BCUT2D eigenvalue weighted by molar-refractivity contribution is 0.0697. The minimum Gasteiger partial charge on any atom is -0.494 e. The molecule has 0 aliphatic carbocycles. The SMILES string of the molecule is CCCOc1ccc2cc(S(=O)(=O)Nc3ccc(C(=O)O)cc3)ccc2c1. The van der Waals surface area contributed by atoms with E-state index in [2.05, 4.69) is 4.72 Å². The summed E-state index contributed by atoms with van der Waals surface area (Å²) < 4.78 is 33.3. The van der Waals surface area contributed by atoms with E-state index in [0.717, 1.165) is 22.9 Å². The summed E-state index contributed by atoms with van der Waals surface area (Å²) in [5.74, 6) is -0.321. The standard InChI is InChI=1S/C20H19NO5S/c1-2-11-26-18-9-5-16-13-19(10-6-15(16)12-18)27(24,25)21-17-7-3-14(4-8-17)20(22)23/h3-10,12-13,21H,2,11H2,1H3,(H,22,23). The lowest BCUT2D eigenvalue weighted by atomic mass is 10.1. The van der Waals surface area contributed by atoms with Crippen LogP contribution in [0.3, 0.4) is 0 Å². The normalized spacial score (nSPS) is 11.3. The highest BCUT2D eigenvalue weighted by molar-refractivity contribution is 7.92. The first-order valence-corrected chi connectivity index (χ1v) is 9.90. The van der Waals surface area contributed by atoms with Gasteiger partial charge in [-0.1, -0.05) is 19.1 Å². The number of ether oxygens (including phenoxy) is 1. The van der Waals surface area contributed by atoms with Crippen molar-refractivity contribution in [3.8, 4) is 5.75 Å². The Morgan fingerprint density at radius 3 is 2.33 bits per heavy atom. The first-order chi connectivity index (χ1) is 12.9. The monoisotopic (exact) mass is 385 g/mol. The van der Waals surface area contributed by atoms with Gasteiger partial charge in [0.15, 0.2) is 0 Å². The molecule has 7 heteroatoms. The number of hydrogen-bond acceptors (Lipinski definition) is 4. The van der Waals surface area contributed by atoms with Crippen LogP contribution in [0.2, 0.25) is 0 Å². The van der Waals surface area contributed by atoms with E-state index in [4.69, 9.17) is 9.84 Å². The van der Waals surface area contributed by atoms with Crippen LogP contribution in [0.15, 0.2) is 65.6 Å². The average Bonchev–Trinajstić information content (AvgIpc) is 2.66. The molecule has 3 aromatic rings. The van der Waals surface area contributed by atoms with Crippen LogP contribution < -0.4 is 9.46 Å². The first-order valence-electron chi connectivity index (χ1n) is 8.42. The highest BCUT2D eigenvalue weighted by Crippen LogP contribution is 2.25. The number of sulfonamides is 1. The van der Waals surface area contributed by atoms with Gasteiger partial charge in [-0.3, -0.25) is 4.72 Å². The average molecular weight is 385 g/mol. The van der Waals surface area contributed by atoms with Crippen molar-refractivity contribution in [1.82, 2.24) is 0 Å². The van der Waals surface area contributed by atoms with E-state index in [1.807, 2.05) is 25.1 Å². The largest absolute Gasteiger partial charge is 0.494 e. The Balaban J connectivity index is 1.85. The molecule has 0 spiro atoms. The van der Waals surface area contributed by atoms with Crippen molar-refractivity contribution >= 4 is 32.5 Å². The van der Waals surface area contributed by atoms with E-state index in [9.17, 15) is 13.2 Å². The summed E-state index contributed by atoms with van der Waals surface area (Å²) in [6, 6.07) is 15.9. The van der Waals surface area contributed by atoms with Gasteiger partial charge in [0.25, 0.3) is 10.0 Å². The summed E-state index contributed by atoms with van der Waals surface area (Å²) >= 11 is 0. The Kier molecular flexibility index (Phi) is 5.32. The summed E-state index contributed by atoms with van der Waals surface area (Å²) in [6.07, 6.45) is 0.911. The predicted octanol–water partition coefficient (Wildman–Crippen LogP) is 4.13. The number of hydrogen-bond donors (Lipinski definition) is 2. The summed E-state index contributed by atoms with van der Waals surface area (Å²) in [6.45, 7) is 2.66. The summed E-state index contributed by atoms with van der Waals surface area (Å²) in [7, 11) is -3.79. The molecular formula is C20H19NO5S. The summed E-state index contributed by atoms with van der Waals surface area (Å²) in [4.78, 5) is 11.0. The van der Waals surface area contributed by atoms with Gasteiger partial charge in [0.1, 0.15) is 5.75 Å². The molecule has 3 rings (SSSR count). The molecule has 0 bridgehead atoms. The van der Waals surface area contributed by atoms with Crippen molar-refractivity contribution in [2.24, 2.45) is 0 Å². The number of benzene rings is 3. The molecule has 0 heterocycles. The number of carbonyl (C=O) groups is 1. The van der Waals surface area contributed by atoms with Crippen LogP contribution in [0.25, 0.3) is 10.8 Å². The maximum absolute atomic E-state index is 12.6. The van der Waals surface area contributed by atoms with Crippen LogP contribution >= 0.6 is 0 Å². The lowest BCUT2D eigenvalue weighted by Crippen LogP contribution is -2.13. The third-order valence-corrected chi connectivity index (χ3v) is 5.33. The summed E-state index contributed by atoms with van der Waals surface area (Å²) in [5, 5.41) is 10.6. The fourth-order valence-electron chi connectivity index (χ4n) is 2.57. The van der Waals surface area contributed by atoms with Crippen LogP contribution in [-0.4, -0.2) is 26.1 Å². The number of rotatable bonds is 7. The molecule has 140 valence electrons. The number of aromatic carboxylic acids is 1. The zero-order valence-corrected chi connectivity index (χ0v) is 15.5. The van der Waals surface area contributed by atoms with Gasteiger partial charge in [0, 0.05) is 5.69 Å². The van der Waals surface area contributed by atoms with Gasteiger partial charge in [-0.05, 0) is 65.7 Å². The molecular weight excluding hydrogens is 366 g/mol. The van der Waals surface area contributed by atoms with Gasteiger partial charge in [-0.2, -0.15) is 0 Å². The molecule has 0 saturated carbocycles. The third kappa shape index (κ3) is 4.38. The van der Waals surface area contributed by atoms with Crippen LogP contribution in [0.5, 0.6) is 5.75 Å². The van der Waals surface area contributed by atoms with E-state index < -0.39 is 16.0 Å². The number of fused-ring (bicyclic) bond motifs is 1. The smallest absolute Gasteiger partial charge is 0.335 e. The highest BCUT2D eigenvalue weighted by Gasteiger charge is 2.15. The fourth-order valence-corrected chi connectivity index (χ4v) is 3.67. The van der Waals surface area contributed by atoms with E-state index >= 15 is 0 Å². The molecule has 0 aliphatic heterocycles. The Labute approximate surface area is 157 Å². The molecule has 0 unspecified atom stereocenters. The van der Waals surface area contributed by atoms with Crippen LogP contribution in [-0.2, 0) is 10.0 Å². The van der Waals surface area contributed by atoms with Crippen molar-refractivity contribution in [3.63, 3.8) is 0 Å². The van der Waals surface area contributed by atoms with E-state index in [-0.39, 0.29) is 10.5 Å². The molecule has 0 aliphatic rings. The molecule has 0 saturated heterocycles. The predicted molar refractivity (Wildman–Crippen MR) is 104 cm³/mol. The molecule has 27 heavy (non-hydrogen) atoms. The number of carboxylic acid groups (broad SMARTS) is 1. The molecule has 2 N–H and O–H groups in total. The quantitative estimate of drug-likeness (QED) is 0.638. The molecule has 3 aromatic carbocycles. The molecule has 0 amide bonds. The van der Waals surface area contributed by atoms with Gasteiger partial charge in [0.05, 0.1) is 17.1 Å². The van der Waals surface area contributed by atoms with Crippen molar-refractivity contribution in [3.05, 3.63) is 66.2 Å². The molecule has 0 aromatic heterocycles. The molecule has 0 fully saturated rings. The zero-order chi connectivity index (χ0) is 19.4. The molecule has 6 nitrogen and oxygen atoms in total. The maximum Gasteiger partial charge on any atom is 0.335 e. The van der Waals surface area contributed by atoms with Gasteiger partial charge >= 0.3 is 5.97 Å². The number of anilines is 1. The van der Waals surface area contributed by atoms with Crippen molar-refractivity contribution in [1.29, 1.82) is 0 Å². The zero-order valence-electron chi connectivity index (χ0n) is 14.7. The third-order valence-electron chi connectivity index (χ3n) is 3.95. The van der Waals surface area contributed by atoms with Gasteiger partial charge in [0.2, 0.25) is 0 Å². The van der Waals surface area contributed by atoms with Crippen LogP contribution in [0.1, 0.15) is 23.7 Å². The Morgan fingerprint density at radius 1 is 1.00 bits per heavy atom. The molecule has 0 atom stereocenters. The fraction of sp³-hybridized carbons (Fsp3) is 0.150. The minimum absolute atomic E-state index is 0.0877. The second kappa shape index (κ2) is 7.67. The maximum atomic E-state index is 12.6. The second-order valence-corrected chi connectivity index (χ2v) is 7.69. The first kappa shape index (κ1) is 18.7. The van der Waals surface area contributed by atoms with Gasteiger partial charge in [-0.25, -0.2) is 13.2 Å². The van der Waals surface area contributed by atoms with E-state index in [1.54, 1.807) is 12.1 Å². The van der Waals surface area contributed by atoms with Gasteiger partial charge < -0.3 is 9.84 Å². The lowest BCUT2D eigenvalue weighted by Gasteiger charge is -2.10. The molecule has 0 radical (unpaired) electrons. The number of carboxylic acids is 1. The summed E-state index contributed by atoms with van der Waals surface area (Å²) in [5.41, 5.74) is 0.383. The second-order valence-electron chi connectivity index (χ2n) is 6.01.